The van der Waals surface area contributed by atoms with Crippen LogP contribution in [0, 0.1) is 0 Å². The smallest absolute Gasteiger partial charge is 0.266 e. The van der Waals surface area contributed by atoms with E-state index in [1.807, 2.05) is 72.8 Å². The number of hydrazine groups is 1. The molecule has 3 aromatic rings. The molecular formula is C30H33Br2N3O6. The molecular weight excluding hydrogens is 658 g/mol. The fourth-order valence-electron chi connectivity index (χ4n) is 4.44. The molecule has 0 aliphatic carbocycles. The topological polar surface area (TPSA) is 111 Å². The van der Waals surface area contributed by atoms with Crippen LogP contribution in [-0.4, -0.2) is 62.7 Å². The molecule has 3 N–H and O–H groups in total. The molecule has 0 saturated carbocycles. The van der Waals surface area contributed by atoms with Crippen molar-refractivity contribution in [2.24, 2.45) is 4.99 Å². The van der Waals surface area contributed by atoms with Gasteiger partial charge in [-0.1, -0.05) is 62.2 Å². The van der Waals surface area contributed by atoms with Crippen LogP contribution in [0.1, 0.15) is 29.2 Å². The van der Waals surface area contributed by atoms with Crippen LogP contribution in [-0.2, 0) is 25.4 Å². The number of ether oxygens (including phenoxy) is 4. The molecule has 1 aliphatic rings. The van der Waals surface area contributed by atoms with Crippen LogP contribution in [0.4, 0.5) is 0 Å². The van der Waals surface area contributed by atoms with E-state index in [1.54, 1.807) is 0 Å². The van der Waals surface area contributed by atoms with Crippen molar-refractivity contribution in [3.8, 4) is 5.75 Å². The molecule has 0 saturated heterocycles. The second-order valence-corrected chi connectivity index (χ2v) is 11.1. The highest BCUT2D eigenvalue weighted by Crippen LogP contribution is 2.43. The molecule has 0 bridgehead atoms. The third kappa shape index (κ3) is 7.73. The monoisotopic (exact) mass is 689 g/mol. The third-order valence-corrected chi connectivity index (χ3v) is 7.92. The molecule has 1 amide bonds. The summed E-state index contributed by atoms with van der Waals surface area (Å²) in [5.41, 5.74) is 6.78. The Kier molecular flexibility index (Phi) is 11.3. The number of amides is 1. The Balaban J connectivity index is 1.74. The minimum absolute atomic E-state index is 0.0638. The Bertz CT molecular complexity index is 1320. The van der Waals surface area contributed by atoms with E-state index in [-0.39, 0.29) is 25.5 Å². The van der Waals surface area contributed by atoms with Crippen LogP contribution in [0.5, 0.6) is 5.75 Å². The summed E-state index contributed by atoms with van der Waals surface area (Å²) >= 11 is 7.14. The second-order valence-electron chi connectivity index (χ2n) is 9.34. The number of carbonyl (C=O) groups excluding carboxylic acids is 1. The van der Waals surface area contributed by atoms with Gasteiger partial charge in [0, 0.05) is 48.2 Å². The normalized spacial score (nSPS) is 18.2. The van der Waals surface area contributed by atoms with Gasteiger partial charge in [-0.25, -0.2) is 10.4 Å². The standard InChI is InChI=1S/C30H33Br2N3O6/c1-38-26(39-2)19-33-35-29(37)30(18-22-6-3-4-7-25(22)32)27(20-8-12-23(31)13-9-20)41-28(34-30)21-10-14-24(15-11-21)40-17-5-16-36/h3-4,6-15,26-27,33,36H,5,16-19H2,1-2H3,(H,35,37)/t27-,30-/m0/s1. The van der Waals surface area contributed by atoms with Gasteiger partial charge in [0.1, 0.15) is 5.75 Å². The molecule has 41 heavy (non-hydrogen) atoms. The lowest BCUT2D eigenvalue weighted by atomic mass is 9.82. The fourth-order valence-corrected chi connectivity index (χ4v) is 5.13. The predicted molar refractivity (Wildman–Crippen MR) is 163 cm³/mol. The van der Waals surface area contributed by atoms with Crippen molar-refractivity contribution in [1.29, 1.82) is 0 Å². The molecule has 218 valence electrons. The first-order valence-electron chi connectivity index (χ1n) is 13.1. The highest BCUT2D eigenvalue weighted by molar-refractivity contribution is 9.10. The lowest BCUT2D eigenvalue weighted by Gasteiger charge is -2.31. The third-order valence-electron chi connectivity index (χ3n) is 6.62. The van der Waals surface area contributed by atoms with Gasteiger partial charge in [-0.05, 0) is 53.6 Å². The molecule has 0 fully saturated rings. The van der Waals surface area contributed by atoms with Crippen molar-refractivity contribution in [3.05, 3.63) is 98.4 Å². The van der Waals surface area contributed by atoms with Gasteiger partial charge in [-0.2, -0.15) is 0 Å². The molecule has 0 aromatic heterocycles. The summed E-state index contributed by atoms with van der Waals surface area (Å²) in [5.74, 6) is 0.636. The largest absolute Gasteiger partial charge is 0.494 e. The zero-order valence-electron chi connectivity index (χ0n) is 22.8. The van der Waals surface area contributed by atoms with Crippen molar-refractivity contribution < 1.29 is 28.8 Å². The number of hydrogen-bond acceptors (Lipinski definition) is 8. The van der Waals surface area contributed by atoms with Crippen LogP contribution >= 0.6 is 31.9 Å². The first-order valence-corrected chi connectivity index (χ1v) is 14.7. The summed E-state index contributed by atoms with van der Waals surface area (Å²) in [5, 5.41) is 9.02. The van der Waals surface area contributed by atoms with Crippen molar-refractivity contribution in [2.75, 3.05) is 34.0 Å². The van der Waals surface area contributed by atoms with Gasteiger partial charge in [0.15, 0.2) is 17.9 Å². The van der Waals surface area contributed by atoms with E-state index < -0.39 is 17.9 Å². The molecule has 11 heteroatoms. The van der Waals surface area contributed by atoms with Crippen molar-refractivity contribution in [3.63, 3.8) is 0 Å². The second kappa shape index (κ2) is 14.9. The first-order chi connectivity index (χ1) is 19.9. The molecule has 1 aliphatic heterocycles. The Morgan fingerprint density at radius 1 is 1.05 bits per heavy atom. The number of benzene rings is 3. The summed E-state index contributed by atoms with van der Waals surface area (Å²) in [6.45, 7) is 0.699. The number of halogens is 2. The average molecular weight is 691 g/mol. The van der Waals surface area contributed by atoms with E-state index in [9.17, 15) is 4.79 Å². The highest BCUT2D eigenvalue weighted by atomic mass is 79.9. The van der Waals surface area contributed by atoms with Gasteiger partial charge in [0.2, 0.25) is 5.90 Å². The van der Waals surface area contributed by atoms with Crippen LogP contribution in [0.15, 0.2) is 86.7 Å². The van der Waals surface area contributed by atoms with E-state index in [2.05, 4.69) is 42.7 Å². The fraction of sp³-hybridized carbons (Fsp3) is 0.333. The van der Waals surface area contributed by atoms with Gasteiger partial charge in [-0.15, -0.1) is 0 Å². The number of methoxy groups -OCH3 is 2. The molecule has 3 aromatic carbocycles. The molecule has 4 rings (SSSR count). The number of aliphatic imine (C=N–C) groups is 1. The summed E-state index contributed by atoms with van der Waals surface area (Å²) in [4.78, 5) is 19.2. The van der Waals surface area contributed by atoms with Crippen molar-refractivity contribution in [1.82, 2.24) is 10.9 Å². The van der Waals surface area contributed by atoms with E-state index in [1.165, 1.54) is 14.2 Å². The summed E-state index contributed by atoms with van der Waals surface area (Å²) in [7, 11) is 3.06. The first kappa shape index (κ1) is 31.1. The number of nitrogens with one attached hydrogen (secondary N) is 2. The summed E-state index contributed by atoms with van der Waals surface area (Å²) in [6.07, 6.45) is -0.482. The number of aliphatic hydroxyl groups excluding tert-OH is 1. The number of hydrogen-bond donors (Lipinski definition) is 3. The van der Waals surface area contributed by atoms with Crippen LogP contribution in [0.2, 0.25) is 0 Å². The Labute approximate surface area is 256 Å². The number of carbonyl (C=O) groups is 1. The molecule has 0 spiro atoms. The molecule has 0 unspecified atom stereocenters. The molecule has 1 heterocycles. The Morgan fingerprint density at radius 3 is 2.41 bits per heavy atom. The lowest BCUT2D eigenvalue weighted by Crippen LogP contribution is -2.55. The van der Waals surface area contributed by atoms with Crippen LogP contribution < -0.4 is 15.6 Å². The maximum Gasteiger partial charge on any atom is 0.266 e. The van der Waals surface area contributed by atoms with Crippen molar-refractivity contribution in [2.45, 2.75) is 30.8 Å². The van der Waals surface area contributed by atoms with E-state index in [0.717, 1.165) is 20.1 Å². The number of nitrogens with zero attached hydrogens (tertiary/aromatic N) is 1. The predicted octanol–water partition coefficient (Wildman–Crippen LogP) is 4.71. The molecule has 0 radical (unpaired) electrons. The van der Waals surface area contributed by atoms with Gasteiger partial charge in [0.05, 0.1) is 13.2 Å². The zero-order chi connectivity index (χ0) is 29.2. The maximum absolute atomic E-state index is 14.2. The van der Waals surface area contributed by atoms with E-state index >= 15 is 0 Å². The lowest BCUT2D eigenvalue weighted by molar-refractivity contribution is -0.131. The van der Waals surface area contributed by atoms with Crippen LogP contribution in [0.25, 0.3) is 0 Å². The van der Waals surface area contributed by atoms with E-state index in [0.29, 0.717) is 30.2 Å². The minimum atomic E-state index is -1.37. The molecule has 2 atom stereocenters. The van der Waals surface area contributed by atoms with Gasteiger partial charge >= 0.3 is 0 Å². The Morgan fingerprint density at radius 2 is 1.76 bits per heavy atom. The minimum Gasteiger partial charge on any atom is -0.494 e. The van der Waals surface area contributed by atoms with E-state index in [4.69, 9.17) is 29.0 Å². The quantitative estimate of drug-likeness (QED) is 0.128. The van der Waals surface area contributed by atoms with Crippen molar-refractivity contribution >= 4 is 43.7 Å². The highest BCUT2D eigenvalue weighted by Gasteiger charge is 2.53. The van der Waals surface area contributed by atoms with Gasteiger partial charge in [-0.3, -0.25) is 10.2 Å². The number of aliphatic hydroxyl groups is 1. The SMILES string of the molecule is COC(CNNC(=O)[C@@]1(Cc2ccccc2Br)N=C(c2ccc(OCCCO)cc2)O[C@H]1c1ccc(Br)cc1)OC. The van der Waals surface area contributed by atoms with Gasteiger partial charge in [0.25, 0.3) is 5.91 Å². The summed E-state index contributed by atoms with van der Waals surface area (Å²) < 4.78 is 24.5. The maximum atomic E-state index is 14.2. The van der Waals surface area contributed by atoms with Gasteiger partial charge < -0.3 is 24.1 Å². The van der Waals surface area contributed by atoms with Crippen LogP contribution in [0.3, 0.4) is 0 Å². The number of rotatable bonds is 14. The Hall–Kier alpha value is -2.80. The zero-order valence-corrected chi connectivity index (χ0v) is 26.0. The average Bonchev–Trinajstić information content (AvgIpc) is 3.38. The summed E-state index contributed by atoms with van der Waals surface area (Å²) in [6, 6.07) is 22.7. The molecule has 9 nitrogen and oxygen atoms in total.